The van der Waals surface area contributed by atoms with Crippen LogP contribution in [-0.4, -0.2) is 47.8 Å². The molecule has 3 atom stereocenters. The molecule has 0 spiro atoms. The Morgan fingerprint density at radius 1 is 1.61 bits per heavy atom. The second kappa shape index (κ2) is 4.40. The van der Waals surface area contributed by atoms with E-state index in [4.69, 9.17) is 24.8 Å². The van der Waals surface area contributed by atoms with E-state index < -0.39 is 29.5 Å². The van der Waals surface area contributed by atoms with E-state index in [-0.39, 0.29) is 19.6 Å². The Bertz CT molecular complexity index is 406. The van der Waals surface area contributed by atoms with Gasteiger partial charge in [0.25, 0.3) is 0 Å². The number of aliphatic hydroxyl groups excluding tert-OH is 1. The van der Waals surface area contributed by atoms with Gasteiger partial charge in [-0.15, -0.1) is 0 Å². The molecule has 100 valence electrons. The predicted octanol–water partition coefficient (Wildman–Crippen LogP) is 0.495. The lowest BCUT2D eigenvalue weighted by Gasteiger charge is -2.41. The average molecular weight is 257 g/mol. The van der Waals surface area contributed by atoms with Crippen LogP contribution in [0, 0.1) is 0 Å². The second-order valence-electron chi connectivity index (χ2n) is 4.80. The van der Waals surface area contributed by atoms with Gasteiger partial charge in [0.15, 0.2) is 11.3 Å². The van der Waals surface area contributed by atoms with Crippen molar-refractivity contribution in [1.29, 1.82) is 0 Å². The van der Waals surface area contributed by atoms with Gasteiger partial charge in [0.2, 0.25) is 0 Å². The van der Waals surface area contributed by atoms with E-state index in [1.165, 1.54) is 0 Å². The summed E-state index contributed by atoms with van der Waals surface area (Å²) in [4.78, 5) is 14.6. The monoisotopic (exact) mass is 257 g/mol. The highest BCUT2D eigenvalue weighted by Crippen LogP contribution is 2.41. The summed E-state index contributed by atoms with van der Waals surface area (Å²) in [5, 5.41) is 12.5. The van der Waals surface area contributed by atoms with Crippen molar-refractivity contribution in [3.8, 4) is 0 Å². The van der Waals surface area contributed by atoms with Crippen LogP contribution in [0.1, 0.15) is 20.3 Å². The van der Waals surface area contributed by atoms with Crippen molar-refractivity contribution in [1.82, 2.24) is 0 Å². The fourth-order valence-electron chi connectivity index (χ4n) is 2.21. The largest absolute Gasteiger partial charge is 0.459 e. The number of hydrogen-bond acceptors (Lipinski definition) is 6. The van der Waals surface area contributed by atoms with Gasteiger partial charge in [-0.25, -0.2) is 0 Å². The highest BCUT2D eigenvalue weighted by molar-refractivity contribution is 5.85. The van der Waals surface area contributed by atoms with Gasteiger partial charge in [-0.2, -0.15) is 0 Å². The van der Waals surface area contributed by atoms with Gasteiger partial charge in [0.05, 0.1) is 6.61 Å². The van der Waals surface area contributed by atoms with E-state index in [9.17, 15) is 4.79 Å². The van der Waals surface area contributed by atoms with Crippen molar-refractivity contribution in [2.75, 3.05) is 13.2 Å². The summed E-state index contributed by atoms with van der Waals surface area (Å²) in [5.74, 6) is -1.56. The van der Waals surface area contributed by atoms with E-state index in [2.05, 4.69) is 10.0 Å². The van der Waals surface area contributed by atoms with Gasteiger partial charge in [-0.05, 0) is 19.4 Å². The Kier molecular flexibility index (Phi) is 3.20. The number of rotatable bonds is 3. The topological polar surface area (TPSA) is 114 Å². The second-order valence-corrected chi connectivity index (χ2v) is 4.80. The molecule has 2 aliphatic rings. The minimum atomic E-state index is -1.48. The van der Waals surface area contributed by atoms with Crippen molar-refractivity contribution < 1.29 is 24.1 Å². The fraction of sp³-hybridized carbons (Fsp3) is 0.900. The number of ether oxygens (including phenoxy) is 3. The molecule has 2 fully saturated rings. The minimum absolute atomic E-state index is 0.0878. The fourth-order valence-corrected chi connectivity index (χ4v) is 2.21. The summed E-state index contributed by atoms with van der Waals surface area (Å²) in [6.45, 7) is 3.17. The zero-order chi connectivity index (χ0) is 13.4. The molecule has 8 heteroatoms. The Hall–Kier alpha value is -1.34. The molecule has 1 N–H and O–H groups in total. The standard InChI is InChI=1S/C10H15N3O5/c1-9(2)16-5-10(12-13-11)7(18-9)6(3-4-14)17-8(10)15/h6-7,14H,3-5H2,1-2H3/t6-,7+,10-/m1/s1. The van der Waals surface area contributed by atoms with Crippen LogP contribution >= 0.6 is 0 Å². The van der Waals surface area contributed by atoms with Crippen LogP contribution in [-0.2, 0) is 19.0 Å². The summed E-state index contributed by atoms with van der Waals surface area (Å²) in [6, 6.07) is 0. The van der Waals surface area contributed by atoms with Gasteiger partial charge in [0.1, 0.15) is 12.2 Å². The van der Waals surface area contributed by atoms with Crippen molar-refractivity contribution in [3.05, 3.63) is 10.4 Å². The first-order valence-corrected chi connectivity index (χ1v) is 5.65. The van der Waals surface area contributed by atoms with E-state index in [0.717, 1.165) is 0 Å². The first-order chi connectivity index (χ1) is 8.45. The zero-order valence-electron chi connectivity index (χ0n) is 10.2. The summed E-state index contributed by atoms with van der Waals surface area (Å²) >= 11 is 0. The Balaban J connectivity index is 2.35. The molecule has 2 saturated heterocycles. The third kappa shape index (κ3) is 1.93. The number of aliphatic hydroxyl groups is 1. The molecule has 0 saturated carbocycles. The third-order valence-electron chi connectivity index (χ3n) is 3.11. The van der Waals surface area contributed by atoms with Crippen LogP contribution < -0.4 is 0 Å². The van der Waals surface area contributed by atoms with Crippen molar-refractivity contribution in [2.45, 2.75) is 43.8 Å². The maximum absolute atomic E-state index is 11.9. The molecular formula is C10H15N3O5. The number of fused-ring (bicyclic) bond motifs is 1. The number of cyclic esters (lactones) is 1. The van der Waals surface area contributed by atoms with Gasteiger partial charge < -0.3 is 19.3 Å². The van der Waals surface area contributed by atoms with Crippen LogP contribution in [0.2, 0.25) is 0 Å². The molecule has 0 aromatic heterocycles. The van der Waals surface area contributed by atoms with Crippen LogP contribution in [0.15, 0.2) is 5.11 Å². The highest BCUT2D eigenvalue weighted by Gasteiger charge is 2.62. The molecule has 0 aliphatic carbocycles. The number of nitrogens with zero attached hydrogens (tertiary/aromatic N) is 3. The van der Waals surface area contributed by atoms with E-state index in [1.807, 2.05) is 0 Å². The molecule has 2 aliphatic heterocycles. The lowest BCUT2D eigenvalue weighted by Crippen LogP contribution is -2.58. The number of hydrogen-bond donors (Lipinski definition) is 1. The van der Waals surface area contributed by atoms with Crippen molar-refractivity contribution >= 4 is 5.97 Å². The van der Waals surface area contributed by atoms with Crippen LogP contribution in [0.5, 0.6) is 0 Å². The van der Waals surface area contributed by atoms with Crippen LogP contribution in [0.3, 0.4) is 0 Å². The molecule has 0 aromatic rings. The van der Waals surface area contributed by atoms with Gasteiger partial charge in [-0.3, -0.25) is 4.79 Å². The lowest BCUT2D eigenvalue weighted by atomic mass is 9.90. The first kappa shape index (κ1) is 13.1. The molecule has 8 nitrogen and oxygen atoms in total. The summed E-state index contributed by atoms with van der Waals surface area (Å²) < 4.78 is 16.2. The van der Waals surface area contributed by atoms with Gasteiger partial charge in [-0.1, -0.05) is 5.11 Å². The third-order valence-corrected chi connectivity index (χ3v) is 3.11. The Labute approximate surface area is 103 Å². The molecule has 0 unspecified atom stereocenters. The van der Waals surface area contributed by atoms with Crippen LogP contribution in [0.4, 0.5) is 0 Å². The summed E-state index contributed by atoms with van der Waals surface area (Å²) in [5.41, 5.74) is 7.13. The van der Waals surface area contributed by atoms with Crippen molar-refractivity contribution in [2.24, 2.45) is 5.11 Å². The van der Waals surface area contributed by atoms with E-state index in [0.29, 0.717) is 0 Å². The van der Waals surface area contributed by atoms with E-state index in [1.54, 1.807) is 13.8 Å². The summed E-state index contributed by atoms with van der Waals surface area (Å²) in [6.07, 6.45) is -1.14. The minimum Gasteiger partial charge on any atom is -0.459 e. The molecule has 0 aromatic carbocycles. The molecule has 2 rings (SSSR count). The van der Waals surface area contributed by atoms with E-state index >= 15 is 0 Å². The van der Waals surface area contributed by atoms with Gasteiger partial charge >= 0.3 is 5.97 Å². The van der Waals surface area contributed by atoms with Crippen molar-refractivity contribution in [3.63, 3.8) is 0 Å². The first-order valence-electron chi connectivity index (χ1n) is 5.65. The SMILES string of the molecule is CC1(C)OC[C@]2(N=[N+]=[N-])C(=O)O[C@H](CCO)[C@@H]2O1. The quantitative estimate of drug-likeness (QED) is 0.342. The lowest BCUT2D eigenvalue weighted by molar-refractivity contribution is -0.292. The zero-order valence-corrected chi connectivity index (χ0v) is 10.2. The van der Waals surface area contributed by atoms with Gasteiger partial charge in [0, 0.05) is 17.9 Å². The maximum Gasteiger partial charge on any atom is 0.323 e. The maximum atomic E-state index is 11.9. The Morgan fingerprint density at radius 3 is 2.94 bits per heavy atom. The summed E-state index contributed by atoms with van der Waals surface area (Å²) in [7, 11) is 0. The number of azide groups is 1. The molecule has 2 heterocycles. The number of esters is 1. The molecule has 0 radical (unpaired) electrons. The van der Waals surface area contributed by atoms with Crippen LogP contribution in [0.25, 0.3) is 10.4 Å². The number of carbonyl (C=O) groups excluding carboxylic acids is 1. The normalized spacial score (nSPS) is 37.6. The smallest absolute Gasteiger partial charge is 0.323 e. The average Bonchev–Trinajstić information content (AvgIpc) is 2.54. The predicted molar refractivity (Wildman–Crippen MR) is 58.4 cm³/mol. The molecule has 18 heavy (non-hydrogen) atoms. The number of carbonyl (C=O) groups is 1. The highest BCUT2D eigenvalue weighted by atomic mass is 16.7. The molecule has 0 bridgehead atoms. The molecule has 0 amide bonds. The molecular weight excluding hydrogens is 242 g/mol. The Morgan fingerprint density at radius 2 is 2.33 bits per heavy atom.